The van der Waals surface area contributed by atoms with Crippen molar-refractivity contribution in [1.29, 1.82) is 0 Å². The van der Waals surface area contributed by atoms with Crippen LogP contribution in [0.1, 0.15) is 25.3 Å². The number of likely N-dealkylation sites (tertiary alicyclic amines) is 1. The van der Waals surface area contributed by atoms with E-state index in [4.69, 9.17) is 19.2 Å². The molecule has 0 aromatic heterocycles. The number of guanidine groups is 1. The molecule has 26 heavy (non-hydrogen) atoms. The highest BCUT2D eigenvalue weighted by Crippen LogP contribution is 2.40. The predicted octanol–water partition coefficient (Wildman–Crippen LogP) is 3.37. The smallest absolute Gasteiger partial charge is 0.231 e. The number of hydrogen-bond donors (Lipinski definition) is 1. The molecule has 1 aromatic rings. The average Bonchev–Trinajstić information content (AvgIpc) is 3.34. The molecule has 3 aliphatic rings. The molecule has 3 aliphatic heterocycles. The summed E-state index contributed by atoms with van der Waals surface area (Å²) < 4.78 is 17.5. The molecule has 144 valence electrons. The predicted molar refractivity (Wildman–Crippen MR) is 115 cm³/mol. The fraction of sp³-hybridized carbons (Fsp3) is 0.611. The minimum Gasteiger partial charge on any atom is -0.454 e. The van der Waals surface area contributed by atoms with Crippen molar-refractivity contribution < 1.29 is 14.2 Å². The van der Waals surface area contributed by atoms with Crippen molar-refractivity contribution in [2.24, 2.45) is 10.4 Å². The number of benzene rings is 1. The van der Waals surface area contributed by atoms with Gasteiger partial charge in [-0.05, 0) is 53.4 Å². The SMILES string of the molecule is CCNC(=NCc1cc(Br)c2c(c1)OCO2)N1CCC2(CCOC2)C1.I. The third-order valence-electron chi connectivity index (χ3n) is 5.16. The number of aliphatic imine (C=N–C) groups is 1. The van der Waals surface area contributed by atoms with Gasteiger partial charge >= 0.3 is 0 Å². The highest BCUT2D eigenvalue weighted by atomic mass is 127. The second-order valence-electron chi connectivity index (χ2n) is 6.96. The van der Waals surface area contributed by atoms with Gasteiger partial charge in [-0.3, -0.25) is 0 Å². The fourth-order valence-electron chi connectivity index (χ4n) is 3.79. The topological polar surface area (TPSA) is 55.3 Å². The molecule has 1 atom stereocenters. The second-order valence-corrected chi connectivity index (χ2v) is 7.81. The average molecular weight is 538 g/mol. The van der Waals surface area contributed by atoms with Crippen LogP contribution in [0.15, 0.2) is 21.6 Å². The summed E-state index contributed by atoms with van der Waals surface area (Å²) in [5, 5.41) is 3.44. The van der Waals surface area contributed by atoms with E-state index in [0.717, 1.165) is 66.8 Å². The quantitative estimate of drug-likeness (QED) is 0.364. The first kappa shape index (κ1) is 20.0. The molecule has 1 aromatic carbocycles. The molecule has 4 rings (SSSR count). The Morgan fingerprint density at radius 3 is 3.00 bits per heavy atom. The lowest BCUT2D eigenvalue weighted by Gasteiger charge is -2.25. The zero-order valence-electron chi connectivity index (χ0n) is 14.9. The molecule has 6 nitrogen and oxygen atoms in total. The molecule has 1 spiro atoms. The van der Waals surface area contributed by atoms with Crippen molar-refractivity contribution >= 4 is 45.9 Å². The van der Waals surface area contributed by atoms with Gasteiger partial charge in [0, 0.05) is 31.7 Å². The largest absolute Gasteiger partial charge is 0.454 e. The summed E-state index contributed by atoms with van der Waals surface area (Å²) in [6, 6.07) is 4.06. The van der Waals surface area contributed by atoms with Crippen LogP contribution in [0.2, 0.25) is 0 Å². The van der Waals surface area contributed by atoms with Gasteiger partial charge in [0.25, 0.3) is 0 Å². The van der Waals surface area contributed by atoms with E-state index in [9.17, 15) is 0 Å². The first-order valence-electron chi connectivity index (χ1n) is 8.88. The van der Waals surface area contributed by atoms with E-state index in [-0.39, 0.29) is 30.8 Å². The van der Waals surface area contributed by atoms with Crippen LogP contribution in [-0.4, -0.2) is 50.5 Å². The molecule has 0 radical (unpaired) electrons. The Morgan fingerprint density at radius 2 is 2.23 bits per heavy atom. The van der Waals surface area contributed by atoms with Gasteiger partial charge in [-0.25, -0.2) is 4.99 Å². The van der Waals surface area contributed by atoms with Crippen LogP contribution in [0.4, 0.5) is 0 Å². The highest BCUT2D eigenvalue weighted by Gasteiger charge is 2.42. The Kier molecular flexibility index (Phi) is 6.55. The number of hydrogen-bond acceptors (Lipinski definition) is 4. The molecule has 0 saturated carbocycles. The zero-order chi connectivity index (χ0) is 17.3. The van der Waals surface area contributed by atoms with Gasteiger partial charge in [0.2, 0.25) is 6.79 Å². The van der Waals surface area contributed by atoms with Gasteiger partial charge in [-0.1, -0.05) is 0 Å². The van der Waals surface area contributed by atoms with Crippen LogP contribution in [0.3, 0.4) is 0 Å². The lowest BCUT2D eigenvalue weighted by molar-refractivity contribution is 0.156. The van der Waals surface area contributed by atoms with E-state index in [1.165, 1.54) is 6.42 Å². The maximum Gasteiger partial charge on any atom is 0.231 e. The summed E-state index contributed by atoms with van der Waals surface area (Å²) >= 11 is 3.55. The Labute approximate surface area is 179 Å². The van der Waals surface area contributed by atoms with Crippen LogP contribution in [0, 0.1) is 5.41 Å². The molecule has 0 aliphatic carbocycles. The van der Waals surface area contributed by atoms with Crippen molar-refractivity contribution in [2.75, 3.05) is 39.6 Å². The Bertz CT molecular complexity index is 680. The van der Waals surface area contributed by atoms with Gasteiger partial charge in [0.1, 0.15) is 0 Å². The third-order valence-corrected chi connectivity index (χ3v) is 5.75. The van der Waals surface area contributed by atoms with E-state index >= 15 is 0 Å². The number of fused-ring (bicyclic) bond motifs is 1. The monoisotopic (exact) mass is 537 g/mol. The normalized spacial score (nSPS) is 24.2. The number of nitrogens with one attached hydrogen (secondary N) is 1. The number of halogens is 2. The summed E-state index contributed by atoms with van der Waals surface area (Å²) in [6.45, 7) is 7.72. The molecule has 0 bridgehead atoms. The van der Waals surface area contributed by atoms with Crippen LogP contribution in [0.25, 0.3) is 0 Å². The van der Waals surface area contributed by atoms with E-state index < -0.39 is 0 Å². The summed E-state index contributed by atoms with van der Waals surface area (Å²) in [5.41, 5.74) is 1.43. The maximum absolute atomic E-state index is 5.64. The van der Waals surface area contributed by atoms with Crippen LogP contribution in [0.5, 0.6) is 11.5 Å². The molecule has 1 N–H and O–H groups in total. The van der Waals surface area contributed by atoms with Crippen molar-refractivity contribution in [2.45, 2.75) is 26.3 Å². The van der Waals surface area contributed by atoms with Crippen molar-refractivity contribution in [3.8, 4) is 11.5 Å². The second kappa shape index (κ2) is 8.52. The number of nitrogens with zero attached hydrogens (tertiary/aromatic N) is 2. The lowest BCUT2D eigenvalue weighted by Crippen LogP contribution is -2.41. The fourth-order valence-corrected chi connectivity index (χ4v) is 4.40. The Hall–Kier alpha value is -0.740. The molecule has 2 fully saturated rings. The molecule has 1 unspecified atom stereocenters. The summed E-state index contributed by atoms with van der Waals surface area (Å²) in [4.78, 5) is 7.24. The van der Waals surface area contributed by atoms with Gasteiger partial charge in [-0.15, -0.1) is 24.0 Å². The summed E-state index contributed by atoms with van der Waals surface area (Å²) in [6.07, 6.45) is 2.35. The minimum absolute atomic E-state index is 0. The molecule has 3 heterocycles. The first-order valence-corrected chi connectivity index (χ1v) is 9.67. The van der Waals surface area contributed by atoms with E-state index in [0.29, 0.717) is 12.0 Å². The third kappa shape index (κ3) is 4.06. The van der Waals surface area contributed by atoms with E-state index in [2.05, 4.69) is 39.1 Å². The number of ether oxygens (including phenoxy) is 3. The molecule has 0 amide bonds. The van der Waals surface area contributed by atoms with Crippen molar-refractivity contribution in [3.05, 3.63) is 22.2 Å². The molecular weight excluding hydrogens is 513 g/mol. The van der Waals surface area contributed by atoms with Crippen molar-refractivity contribution in [1.82, 2.24) is 10.2 Å². The van der Waals surface area contributed by atoms with Crippen LogP contribution in [-0.2, 0) is 11.3 Å². The van der Waals surface area contributed by atoms with E-state index in [1.54, 1.807) is 0 Å². The van der Waals surface area contributed by atoms with Gasteiger partial charge < -0.3 is 24.4 Å². The zero-order valence-corrected chi connectivity index (χ0v) is 18.8. The molecule has 8 heteroatoms. The van der Waals surface area contributed by atoms with Gasteiger partial charge in [-0.2, -0.15) is 0 Å². The number of rotatable bonds is 3. The lowest BCUT2D eigenvalue weighted by atomic mass is 9.87. The van der Waals surface area contributed by atoms with Crippen LogP contribution < -0.4 is 14.8 Å². The highest BCUT2D eigenvalue weighted by molar-refractivity contribution is 14.0. The summed E-state index contributed by atoms with van der Waals surface area (Å²) in [7, 11) is 0. The van der Waals surface area contributed by atoms with Gasteiger partial charge in [0.05, 0.1) is 17.6 Å². The van der Waals surface area contributed by atoms with Crippen LogP contribution >= 0.6 is 39.9 Å². The standard InChI is InChI=1S/C18H24BrN3O3.HI/c1-2-20-17(22-5-3-18(10-22)4-6-23-11-18)21-9-13-7-14(19)16-15(8-13)24-12-25-16;/h7-8H,2-6,9-12H2,1H3,(H,20,21);1H. The van der Waals surface area contributed by atoms with Crippen molar-refractivity contribution in [3.63, 3.8) is 0 Å². The first-order chi connectivity index (χ1) is 12.2. The van der Waals surface area contributed by atoms with E-state index in [1.807, 2.05) is 6.07 Å². The molecule has 2 saturated heterocycles. The summed E-state index contributed by atoms with van der Waals surface area (Å²) in [5.74, 6) is 2.55. The molecular formula is C18H25BrIN3O3. The maximum atomic E-state index is 5.64. The minimum atomic E-state index is 0. The Balaban J connectivity index is 0.00000196. The van der Waals surface area contributed by atoms with Gasteiger partial charge in [0.15, 0.2) is 17.5 Å². The Morgan fingerprint density at radius 1 is 1.35 bits per heavy atom.